The van der Waals surface area contributed by atoms with Crippen molar-refractivity contribution in [2.75, 3.05) is 21.3 Å². The Kier molecular flexibility index (Phi) is 4.78. The van der Waals surface area contributed by atoms with E-state index in [4.69, 9.17) is 14.2 Å². The second kappa shape index (κ2) is 6.76. The summed E-state index contributed by atoms with van der Waals surface area (Å²) in [4.78, 5) is 21.9. The maximum atomic E-state index is 11.3. The highest BCUT2D eigenvalue weighted by Crippen LogP contribution is 2.44. The average molecular weight is 300 g/mol. The lowest BCUT2D eigenvalue weighted by Crippen LogP contribution is -1.99. The third kappa shape index (κ3) is 2.79. The van der Waals surface area contributed by atoms with Gasteiger partial charge in [-0.3, -0.25) is 9.59 Å². The molecule has 0 aliphatic carbocycles. The van der Waals surface area contributed by atoms with Crippen LogP contribution in [0, 0.1) is 0 Å². The summed E-state index contributed by atoms with van der Waals surface area (Å²) in [5.74, 6) is 1.05. The van der Waals surface area contributed by atoms with Gasteiger partial charge in [-0.05, 0) is 17.7 Å². The van der Waals surface area contributed by atoms with Gasteiger partial charge in [-0.25, -0.2) is 0 Å². The van der Waals surface area contributed by atoms with Gasteiger partial charge in [0.25, 0.3) is 0 Å². The zero-order chi connectivity index (χ0) is 16.1. The Morgan fingerprint density at radius 3 is 2.00 bits per heavy atom. The molecule has 0 aliphatic heterocycles. The summed E-state index contributed by atoms with van der Waals surface area (Å²) in [7, 11) is 4.64. The Balaban J connectivity index is 2.52. The molecule has 0 aromatic heterocycles. The molecule has 22 heavy (non-hydrogen) atoms. The van der Waals surface area contributed by atoms with E-state index in [2.05, 4.69) is 0 Å². The number of benzene rings is 2. The molecule has 5 heteroatoms. The molecule has 114 valence electrons. The van der Waals surface area contributed by atoms with Crippen LogP contribution in [0.15, 0.2) is 36.4 Å². The molecule has 2 rings (SSSR count). The number of Topliss-reactive ketones (excluding diaryl/α,β-unsaturated/α-hetero) is 1. The van der Waals surface area contributed by atoms with Gasteiger partial charge in [-0.15, -0.1) is 0 Å². The quantitative estimate of drug-likeness (QED) is 0.466. The summed E-state index contributed by atoms with van der Waals surface area (Å²) >= 11 is 0. The van der Waals surface area contributed by atoms with Crippen molar-refractivity contribution < 1.29 is 23.8 Å². The summed E-state index contributed by atoms with van der Waals surface area (Å²) in [6.45, 7) is 0. The fourth-order valence-corrected chi connectivity index (χ4v) is 2.21. The Labute approximate surface area is 128 Å². The van der Waals surface area contributed by atoms with Crippen LogP contribution in [-0.2, 0) is 4.79 Å². The number of rotatable bonds is 6. The van der Waals surface area contributed by atoms with E-state index >= 15 is 0 Å². The molecule has 0 saturated heterocycles. The molecule has 0 heterocycles. The first-order chi connectivity index (χ1) is 10.7. The highest BCUT2D eigenvalue weighted by atomic mass is 16.5. The van der Waals surface area contributed by atoms with Gasteiger partial charge in [0.2, 0.25) is 11.5 Å². The first-order valence-electron chi connectivity index (χ1n) is 6.55. The van der Waals surface area contributed by atoms with Crippen LogP contribution in [0.4, 0.5) is 0 Å². The molecule has 0 amide bonds. The number of hydrogen-bond acceptors (Lipinski definition) is 5. The Morgan fingerprint density at radius 2 is 1.50 bits per heavy atom. The SMILES string of the molecule is COc1ccc(-c2ccc(C(=O)C=O)cc2)c(OC)c1OC. The van der Waals surface area contributed by atoms with Crippen LogP contribution in [-0.4, -0.2) is 33.4 Å². The summed E-state index contributed by atoms with van der Waals surface area (Å²) in [6.07, 6.45) is 0.298. The smallest absolute Gasteiger partial charge is 0.225 e. The van der Waals surface area contributed by atoms with Crippen molar-refractivity contribution in [1.82, 2.24) is 0 Å². The van der Waals surface area contributed by atoms with E-state index in [0.29, 0.717) is 29.1 Å². The third-order valence-corrected chi connectivity index (χ3v) is 3.29. The molecule has 0 N–H and O–H groups in total. The number of ether oxygens (including phenoxy) is 3. The fraction of sp³-hybridized carbons (Fsp3) is 0.176. The fourth-order valence-electron chi connectivity index (χ4n) is 2.21. The van der Waals surface area contributed by atoms with Crippen LogP contribution in [0.3, 0.4) is 0 Å². The van der Waals surface area contributed by atoms with Crippen LogP contribution < -0.4 is 14.2 Å². The van der Waals surface area contributed by atoms with Gasteiger partial charge in [0, 0.05) is 11.1 Å². The summed E-state index contributed by atoms with van der Waals surface area (Å²) in [6, 6.07) is 10.3. The second-order valence-corrected chi connectivity index (χ2v) is 4.44. The van der Waals surface area contributed by atoms with E-state index in [9.17, 15) is 9.59 Å². The zero-order valence-electron chi connectivity index (χ0n) is 12.6. The lowest BCUT2D eigenvalue weighted by Gasteiger charge is -2.16. The monoisotopic (exact) mass is 300 g/mol. The molecule has 0 bridgehead atoms. The molecule has 0 atom stereocenters. The van der Waals surface area contributed by atoms with Crippen LogP contribution in [0.25, 0.3) is 11.1 Å². The molecule has 0 aliphatic rings. The van der Waals surface area contributed by atoms with Crippen molar-refractivity contribution >= 4 is 12.1 Å². The van der Waals surface area contributed by atoms with Gasteiger partial charge in [0.05, 0.1) is 21.3 Å². The Hall–Kier alpha value is -2.82. The average Bonchev–Trinajstić information content (AvgIpc) is 2.59. The molecule has 0 fully saturated rings. The van der Waals surface area contributed by atoms with Crippen molar-refractivity contribution in [3.05, 3.63) is 42.0 Å². The van der Waals surface area contributed by atoms with Crippen molar-refractivity contribution in [3.63, 3.8) is 0 Å². The third-order valence-electron chi connectivity index (χ3n) is 3.29. The van der Waals surface area contributed by atoms with Gasteiger partial charge in [-0.1, -0.05) is 24.3 Å². The summed E-state index contributed by atoms with van der Waals surface area (Å²) in [5.41, 5.74) is 1.98. The maximum Gasteiger partial charge on any atom is 0.225 e. The maximum absolute atomic E-state index is 11.3. The second-order valence-electron chi connectivity index (χ2n) is 4.44. The minimum Gasteiger partial charge on any atom is -0.493 e. The molecule has 0 radical (unpaired) electrons. The number of carbonyl (C=O) groups is 2. The number of ketones is 1. The number of carbonyl (C=O) groups excluding carboxylic acids is 2. The van der Waals surface area contributed by atoms with Crippen LogP contribution in [0.5, 0.6) is 17.2 Å². The van der Waals surface area contributed by atoms with Crippen LogP contribution in [0.1, 0.15) is 10.4 Å². The number of aldehydes is 1. The van der Waals surface area contributed by atoms with Gasteiger partial charge in [0.15, 0.2) is 17.8 Å². The summed E-state index contributed by atoms with van der Waals surface area (Å²) in [5, 5.41) is 0. The minimum atomic E-state index is -0.550. The molecule has 5 nitrogen and oxygen atoms in total. The normalized spacial score (nSPS) is 9.95. The van der Waals surface area contributed by atoms with E-state index in [1.165, 1.54) is 7.11 Å². The lowest BCUT2D eigenvalue weighted by atomic mass is 10.0. The van der Waals surface area contributed by atoms with E-state index in [0.717, 1.165) is 11.1 Å². The molecule has 2 aromatic carbocycles. The highest BCUT2D eigenvalue weighted by Gasteiger charge is 2.17. The first-order valence-corrected chi connectivity index (χ1v) is 6.55. The predicted octanol–water partition coefficient (Wildman–Crippen LogP) is 2.76. The minimum absolute atomic E-state index is 0.298. The van der Waals surface area contributed by atoms with Gasteiger partial charge in [0.1, 0.15) is 0 Å². The number of hydrogen-bond donors (Lipinski definition) is 0. The van der Waals surface area contributed by atoms with E-state index in [-0.39, 0.29) is 0 Å². The van der Waals surface area contributed by atoms with E-state index < -0.39 is 5.78 Å². The largest absolute Gasteiger partial charge is 0.493 e. The number of methoxy groups -OCH3 is 3. The standard InChI is InChI=1S/C17H16O5/c1-20-15-9-8-13(16(21-2)17(15)22-3)11-4-6-12(7-5-11)14(19)10-18/h4-10H,1-3H3. The van der Waals surface area contributed by atoms with Crippen LogP contribution >= 0.6 is 0 Å². The molecular formula is C17H16O5. The molecule has 0 saturated carbocycles. The highest BCUT2D eigenvalue weighted by molar-refractivity contribution is 6.33. The summed E-state index contributed by atoms with van der Waals surface area (Å²) < 4.78 is 16.0. The van der Waals surface area contributed by atoms with Crippen molar-refractivity contribution in [2.24, 2.45) is 0 Å². The Morgan fingerprint density at radius 1 is 0.864 bits per heavy atom. The van der Waals surface area contributed by atoms with Crippen molar-refractivity contribution in [3.8, 4) is 28.4 Å². The zero-order valence-corrected chi connectivity index (χ0v) is 12.6. The molecular weight excluding hydrogens is 284 g/mol. The van der Waals surface area contributed by atoms with Gasteiger partial charge < -0.3 is 14.2 Å². The topological polar surface area (TPSA) is 61.8 Å². The van der Waals surface area contributed by atoms with Gasteiger partial charge >= 0.3 is 0 Å². The molecule has 0 unspecified atom stereocenters. The molecule has 2 aromatic rings. The van der Waals surface area contributed by atoms with E-state index in [1.807, 2.05) is 6.07 Å². The van der Waals surface area contributed by atoms with Gasteiger partial charge in [-0.2, -0.15) is 0 Å². The Bertz CT molecular complexity index is 689. The van der Waals surface area contributed by atoms with Crippen molar-refractivity contribution in [1.29, 1.82) is 0 Å². The lowest BCUT2D eigenvalue weighted by molar-refractivity contribution is -0.104. The molecule has 0 spiro atoms. The van der Waals surface area contributed by atoms with Crippen LogP contribution in [0.2, 0.25) is 0 Å². The predicted molar refractivity (Wildman–Crippen MR) is 81.9 cm³/mol. The van der Waals surface area contributed by atoms with E-state index in [1.54, 1.807) is 44.6 Å². The van der Waals surface area contributed by atoms with Crippen molar-refractivity contribution in [2.45, 2.75) is 0 Å². The first kappa shape index (κ1) is 15.6.